The molecule has 0 saturated heterocycles. The molecule has 0 aliphatic heterocycles. The van der Waals surface area contributed by atoms with Crippen LogP contribution in [0.4, 0.5) is 10.5 Å². The van der Waals surface area contributed by atoms with Crippen LogP contribution < -0.4 is 15.4 Å². The summed E-state index contributed by atoms with van der Waals surface area (Å²) in [6, 6.07) is 24.6. The lowest BCUT2D eigenvalue weighted by Gasteiger charge is -2.20. The van der Waals surface area contributed by atoms with Crippen molar-refractivity contribution in [3.63, 3.8) is 0 Å². The minimum atomic E-state index is -0.319. The van der Waals surface area contributed by atoms with Gasteiger partial charge in [0.15, 0.2) is 0 Å². The second kappa shape index (κ2) is 9.10. The van der Waals surface area contributed by atoms with Crippen molar-refractivity contribution >= 4 is 23.3 Å². The highest BCUT2D eigenvalue weighted by molar-refractivity contribution is 6.31. The zero-order valence-corrected chi connectivity index (χ0v) is 15.7. The molecule has 3 rings (SSSR count). The number of carbonyl (C=O) groups excluding carboxylic acids is 1. The number of nitrogens with one attached hydrogen (secondary N) is 2. The van der Waals surface area contributed by atoms with E-state index < -0.39 is 0 Å². The standard InChI is InChI=1S/C22H21ClN2O2/c1-27-21-13-12-18(23)15-20(21)25-22(26)24-19(17-10-6-3-7-11-17)14-16-8-4-2-5-9-16/h2-13,15,19H,14H2,1H3,(H2,24,25,26)/t19-/m0/s1. The second-order valence-electron chi connectivity index (χ2n) is 6.10. The fraction of sp³-hybridized carbons (Fsp3) is 0.136. The Labute approximate surface area is 164 Å². The molecule has 2 N–H and O–H groups in total. The van der Waals surface area contributed by atoms with Gasteiger partial charge < -0.3 is 15.4 Å². The summed E-state index contributed by atoms with van der Waals surface area (Å²) in [6.07, 6.45) is 0.685. The Hall–Kier alpha value is -2.98. The normalized spacial score (nSPS) is 11.5. The Bertz CT molecular complexity index is 885. The predicted molar refractivity (Wildman–Crippen MR) is 109 cm³/mol. The van der Waals surface area contributed by atoms with Crippen molar-refractivity contribution < 1.29 is 9.53 Å². The van der Waals surface area contributed by atoms with Gasteiger partial charge in [0, 0.05) is 5.02 Å². The number of benzene rings is 3. The lowest BCUT2D eigenvalue weighted by molar-refractivity contribution is 0.248. The van der Waals surface area contributed by atoms with E-state index in [2.05, 4.69) is 22.8 Å². The summed E-state index contributed by atoms with van der Waals surface area (Å²) in [5.74, 6) is 0.550. The fourth-order valence-corrected chi connectivity index (χ4v) is 3.05. The van der Waals surface area contributed by atoms with Crippen molar-refractivity contribution in [2.45, 2.75) is 12.5 Å². The number of ether oxygens (including phenoxy) is 1. The number of carbonyl (C=O) groups is 1. The highest BCUT2D eigenvalue weighted by Crippen LogP contribution is 2.28. The Morgan fingerprint density at radius 2 is 1.67 bits per heavy atom. The fourth-order valence-electron chi connectivity index (χ4n) is 2.88. The van der Waals surface area contributed by atoms with Crippen LogP contribution in [0.25, 0.3) is 0 Å². The predicted octanol–water partition coefficient (Wildman–Crippen LogP) is 5.45. The van der Waals surface area contributed by atoms with E-state index in [9.17, 15) is 4.79 Å². The van der Waals surface area contributed by atoms with Crippen LogP contribution in [-0.2, 0) is 6.42 Å². The molecule has 0 aliphatic rings. The molecule has 0 fully saturated rings. The van der Waals surface area contributed by atoms with Crippen LogP contribution in [0.1, 0.15) is 17.2 Å². The summed E-state index contributed by atoms with van der Waals surface area (Å²) < 4.78 is 5.29. The molecule has 4 nitrogen and oxygen atoms in total. The third kappa shape index (κ3) is 5.25. The van der Waals surface area contributed by atoms with Gasteiger partial charge in [0.05, 0.1) is 18.8 Å². The summed E-state index contributed by atoms with van der Waals surface area (Å²) in [4.78, 5) is 12.6. The van der Waals surface area contributed by atoms with Gasteiger partial charge in [0.2, 0.25) is 0 Å². The first-order chi connectivity index (χ1) is 13.2. The molecule has 0 radical (unpaired) electrons. The number of urea groups is 1. The number of rotatable bonds is 6. The van der Waals surface area contributed by atoms with E-state index in [-0.39, 0.29) is 12.1 Å². The number of hydrogen-bond acceptors (Lipinski definition) is 2. The van der Waals surface area contributed by atoms with Crippen LogP contribution in [0.15, 0.2) is 78.9 Å². The van der Waals surface area contributed by atoms with Gasteiger partial charge in [-0.3, -0.25) is 0 Å². The van der Waals surface area contributed by atoms with Crippen molar-refractivity contribution in [2.24, 2.45) is 0 Å². The van der Waals surface area contributed by atoms with Gasteiger partial charge in [-0.2, -0.15) is 0 Å². The van der Waals surface area contributed by atoms with Crippen molar-refractivity contribution in [2.75, 3.05) is 12.4 Å². The van der Waals surface area contributed by atoms with E-state index in [0.29, 0.717) is 22.9 Å². The van der Waals surface area contributed by atoms with E-state index in [1.165, 1.54) is 0 Å². The van der Waals surface area contributed by atoms with Crippen LogP contribution >= 0.6 is 11.6 Å². The molecule has 138 valence electrons. The smallest absolute Gasteiger partial charge is 0.319 e. The molecule has 1 atom stereocenters. The zero-order valence-electron chi connectivity index (χ0n) is 15.0. The Morgan fingerprint density at radius 1 is 1.00 bits per heavy atom. The van der Waals surface area contributed by atoms with Crippen molar-refractivity contribution in [1.82, 2.24) is 5.32 Å². The number of amides is 2. The average Bonchev–Trinajstić information content (AvgIpc) is 2.69. The first-order valence-corrected chi connectivity index (χ1v) is 9.03. The van der Waals surface area contributed by atoms with Crippen molar-refractivity contribution in [1.29, 1.82) is 0 Å². The maximum absolute atomic E-state index is 12.6. The maximum Gasteiger partial charge on any atom is 0.319 e. The molecule has 5 heteroatoms. The molecule has 3 aromatic rings. The summed E-state index contributed by atoms with van der Waals surface area (Å²) in [5, 5.41) is 6.40. The first kappa shape index (κ1) is 18.8. The largest absolute Gasteiger partial charge is 0.495 e. The second-order valence-corrected chi connectivity index (χ2v) is 6.53. The molecule has 0 aromatic heterocycles. The summed E-state index contributed by atoms with van der Waals surface area (Å²) in [7, 11) is 1.55. The third-order valence-electron chi connectivity index (χ3n) is 4.20. The quantitative estimate of drug-likeness (QED) is 0.597. The van der Waals surface area contributed by atoms with Crippen LogP contribution in [0.5, 0.6) is 5.75 Å². The van der Waals surface area contributed by atoms with E-state index in [4.69, 9.17) is 16.3 Å². The summed E-state index contributed by atoms with van der Waals surface area (Å²) in [5.41, 5.74) is 2.70. The van der Waals surface area contributed by atoms with Crippen LogP contribution in [0, 0.1) is 0 Å². The molecule has 0 bridgehead atoms. The van der Waals surface area contributed by atoms with Crippen molar-refractivity contribution in [3.8, 4) is 5.75 Å². The van der Waals surface area contributed by atoms with Gasteiger partial charge in [0.1, 0.15) is 5.75 Å². The van der Waals surface area contributed by atoms with Gasteiger partial charge in [-0.25, -0.2) is 4.79 Å². The highest BCUT2D eigenvalue weighted by Gasteiger charge is 2.16. The molecule has 0 aliphatic carbocycles. The van der Waals surface area contributed by atoms with Crippen LogP contribution in [-0.4, -0.2) is 13.1 Å². The lowest BCUT2D eigenvalue weighted by Crippen LogP contribution is -2.33. The molecule has 27 heavy (non-hydrogen) atoms. The monoisotopic (exact) mass is 380 g/mol. The van der Waals surface area contributed by atoms with Gasteiger partial charge in [-0.1, -0.05) is 72.3 Å². The van der Waals surface area contributed by atoms with Gasteiger partial charge in [-0.05, 0) is 35.7 Å². The maximum atomic E-state index is 12.6. The first-order valence-electron chi connectivity index (χ1n) is 8.65. The summed E-state index contributed by atoms with van der Waals surface area (Å²) in [6.45, 7) is 0. The van der Waals surface area contributed by atoms with E-state index in [1.807, 2.05) is 48.5 Å². The molecule has 3 aromatic carbocycles. The van der Waals surface area contributed by atoms with Gasteiger partial charge >= 0.3 is 6.03 Å². The Kier molecular flexibility index (Phi) is 6.34. The molecule has 0 heterocycles. The van der Waals surface area contributed by atoms with Gasteiger partial charge in [-0.15, -0.1) is 0 Å². The molecule has 2 amide bonds. The molecule has 0 saturated carbocycles. The minimum Gasteiger partial charge on any atom is -0.495 e. The number of anilines is 1. The van der Waals surface area contributed by atoms with E-state index in [1.54, 1.807) is 25.3 Å². The van der Waals surface area contributed by atoms with E-state index in [0.717, 1.165) is 11.1 Å². The summed E-state index contributed by atoms with van der Waals surface area (Å²) >= 11 is 6.04. The Morgan fingerprint density at radius 3 is 2.33 bits per heavy atom. The third-order valence-corrected chi connectivity index (χ3v) is 4.43. The molecular formula is C22H21ClN2O2. The SMILES string of the molecule is COc1ccc(Cl)cc1NC(=O)N[C@@H](Cc1ccccc1)c1ccccc1. The molecule has 0 unspecified atom stereocenters. The van der Waals surface area contributed by atoms with Crippen LogP contribution in [0.3, 0.4) is 0 Å². The number of halogens is 1. The number of hydrogen-bond donors (Lipinski definition) is 2. The van der Waals surface area contributed by atoms with E-state index >= 15 is 0 Å². The average molecular weight is 381 g/mol. The van der Waals surface area contributed by atoms with Crippen molar-refractivity contribution in [3.05, 3.63) is 95.0 Å². The highest BCUT2D eigenvalue weighted by atomic mass is 35.5. The zero-order chi connectivity index (χ0) is 19.1. The molecule has 0 spiro atoms. The lowest BCUT2D eigenvalue weighted by atomic mass is 9.99. The van der Waals surface area contributed by atoms with Gasteiger partial charge in [0.25, 0.3) is 0 Å². The topological polar surface area (TPSA) is 50.4 Å². The molecular weight excluding hydrogens is 360 g/mol. The Balaban J connectivity index is 1.77. The minimum absolute atomic E-state index is 0.168. The van der Waals surface area contributed by atoms with Crippen LogP contribution in [0.2, 0.25) is 5.02 Å². The number of methoxy groups -OCH3 is 1.